The number of aliphatic hydroxyl groups excluding tert-OH is 4. The van der Waals surface area contributed by atoms with Crippen molar-refractivity contribution in [2.24, 2.45) is 105 Å². The molecule has 6 nitrogen and oxygen atoms in total. The summed E-state index contributed by atoms with van der Waals surface area (Å²) in [4.78, 5) is 24.2. The second-order valence-electron chi connectivity index (χ2n) is 26.0. The molecule has 6 heteroatoms. The molecule has 6 unspecified atom stereocenters. The Morgan fingerprint density at radius 1 is 0.545 bits per heavy atom. The van der Waals surface area contributed by atoms with E-state index in [1.807, 2.05) is 18.2 Å². The van der Waals surface area contributed by atoms with Crippen molar-refractivity contribution in [1.82, 2.24) is 0 Å². The van der Waals surface area contributed by atoms with Crippen LogP contribution in [0.1, 0.15) is 199 Å². The van der Waals surface area contributed by atoms with Crippen LogP contribution in [0.15, 0.2) is 35.5 Å². The van der Waals surface area contributed by atoms with E-state index >= 15 is 0 Å². The van der Waals surface area contributed by atoms with Gasteiger partial charge in [0.15, 0.2) is 11.6 Å². The fourth-order valence-electron chi connectivity index (χ4n) is 18.8. The lowest BCUT2D eigenvalue weighted by atomic mass is 9.42. The monoisotopic (exact) mass is 915 g/mol. The van der Waals surface area contributed by atoms with Gasteiger partial charge in [-0.3, -0.25) is 9.59 Å². The number of fused-ring (bicyclic) bond motifs is 10. The SMILES string of the molecule is CC[C@@H](C(C)C)[C@H](O)[C@@H](O)[C@@H](C)[C@H]1CCCC2C3CCC4=CC(=O)C=C[C@]4(C)C3CC[C@@]21C.CC[C@@H](C(C)C)[C@H](O)[C@@H](O)[C@@H](C)[C@H]1CCCC2C3CCC4=CC(=O)CC[C@]4(C)C3CC[C@@]21C. The number of ketones is 2. The summed E-state index contributed by atoms with van der Waals surface area (Å²) >= 11 is 0. The second kappa shape index (κ2) is 20.3. The van der Waals surface area contributed by atoms with E-state index in [1.54, 1.807) is 0 Å². The third-order valence-corrected chi connectivity index (χ3v) is 22.7. The van der Waals surface area contributed by atoms with Crippen LogP contribution in [0.25, 0.3) is 0 Å². The van der Waals surface area contributed by atoms with Gasteiger partial charge in [-0.15, -0.1) is 0 Å². The highest BCUT2D eigenvalue weighted by molar-refractivity contribution is 6.01. The van der Waals surface area contributed by atoms with Crippen LogP contribution in [-0.2, 0) is 9.59 Å². The maximum atomic E-state index is 12.1. The standard InChI is InChI=1S/C30H50O3.C30H48O3/c2*1-7-22(18(2)3)28(33)27(32)19(4)24-9-8-10-25-23-12-11-20-17-21(31)13-15-29(20,5)26(23)14-16-30(24,25)6/h17-19,22-28,32-33H,7-16H2,1-6H3;13,15,17-19,22-28,32-33H,7-12,14,16H2,1-6H3/t2*19-,22-,23?,24+,25?,26?,27-,28-,29-,30+/m00/s1. The van der Waals surface area contributed by atoms with E-state index in [4.69, 9.17) is 0 Å². The van der Waals surface area contributed by atoms with Gasteiger partial charge in [0.2, 0.25) is 0 Å². The van der Waals surface area contributed by atoms with Crippen molar-refractivity contribution in [3.63, 3.8) is 0 Å². The Morgan fingerprint density at radius 2 is 1.02 bits per heavy atom. The minimum atomic E-state index is -0.652. The van der Waals surface area contributed by atoms with Gasteiger partial charge >= 0.3 is 0 Å². The Hall–Kier alpha value is -1.60. The Labute approximate surface area is 403 Å². The summed E-state index contributed by atoms with van der Waals surface area (Å²) in [6.45, 7) is 27.2. The van der Waals surface area contributed by atoms with Gasteiger partial charge in [0, 0.05) is 11.8 Å². The molecule has 66 heavy (non-hydrogen) atoms. The number of hydrogen-bond acceptors (Lipinski definition) is 6. The average molecular weight is 915 g/mol. The molecule has 8 aliphatic carbocycles. The summed E-state index contributed by atoms with van der Waals surface area (Å²) in [5.74, 6) is 6.88. The molecule has 0 aliphatic heterocycles. The van der Waals surface area contributed by atoms with Crippen LogP contribution < -0.4 is 0 Å². The van der Waals surface area contributed by atoms with E-state index in [0.29, 0.717) is 59.0 Å². The molecule has 0 spiro atoms. The number of allylic oxidation sites excluding steroid dienone is 6. The van der Waals surface area contributed by atoms with Gasteiger partial charge in [0.1, 0.15) is 0 Å². The summed E-state index contributed by atoms with van der Waals surface area (Å²) in [5, 5.41) is 44.9. The first-order valence-electron chi connectivity index (χ1n) is 28.0. The summed E-state index contributed by atoms with van der Waals surface area (Å²) < 4.78 is 0. The lowest BCUT2D eigenvalue weighted by Crippen LogP contribution is -2.56. The highest BCUT2D eigenvalue weighted by Gasteiger charge is 2.60. The maximum absolute atomic E-state index is 12.1. The number of hydrogen-bond donors (Lipinski definition) is 4. The molecule has 6 fully saturated rings. The summed E-state index contributed by atoms with van der Waals surface area (Å²) in [7, 11) is 0. The molecule has 0 aromatic carbocycles. The number of aliphatic hydroxyl groups is 4. The molecule has 0 amide bonds. The molecule has 0 aromatic rings. The Bertz CT molecular complexity index is 1800. The van der Waals surface area contributed by atoms with E-state index in [-0.39, 0.29) is 51.1 Å². The molecule has 0 saturated heterocycles. The van der Waals surface area contributed by atoms with Crippen LogP contribution in [0.2, 0.25) is 0 Å². The molecule has 0 aromatic heterocycles. The molecular formula is C60H98O6. The predicted octanol–water partition coefficient (Wildman–Crippen LogP) is 12.9. The van der Waals surface area contributed by atoms with Crippen LogP contribution in [-0.4, -0.2) is 56.4 Å². The largest absolute Gasteiger partial charge is 0.390 e. The molecule has 4 N–H and O–H groups in total. The Morgan fingerprint density at radius 3 is 1.50 bits per heavy atom. The van der Waals surface area contributed by atoms with Crippen molar-refractivity contribution in [2.75, 3.05) is 0 Å². The minimum absolute atomic E-state index is 0.0397. The summed E-state index contributed by atoms with van der Waals surface area (Å²) in [6, 6.07) is 0. The van der Waals surface area contributed by atoms with Crippen LogP contribution in [0.4, 0.5) is 0 Å². The Balaban J connectivity index is 0.000000196. The highest BCUT2D eigenvalue weighted by atomic mass is 16.3. The molecule has 8 rings (SSSR count). The number of carbonyl (C=O) groups is 2. The first kappa shape index (κ1) is 52.2. The van der Waals surface area contributed by atoms with Gasteiger partial charge in [0.05, 0.1) is 24.4 Å². The van der Waals surface area contributed by atoms with Gasteiger partial charge in [-0.2, -0.15) is 0 Å². The topological polar surface area (TPSA) is 115 Å². The molecule has 0 heterocycles. The molecular weight excluding hydrogens is 817 g/mol. The van der Waals surface area contributed by atoms with Gasteiger partial charge in [0.25, 0.3) is 0 Å². The van der Waals surface area contributed by atoms with Crippen molar-refractivity contribution < 1.29 is 30.0 Å². The first-order valence-corrected chi connectivity index (χ1v) is 28.0. The number of carbonyl (C=O) groups excluding carboxylic acids is 2. The third-order valence-electron chi connectivity index (χ3n) is 22.7. The van der Waals surface area contributed by atoms with E-state index in [9.17, 15) is 30.0 Å². The van der Waals surface area contributed by atoms with Gasteiger partial charge in [-0.1, -0.05) is 126 Å². The van der Waals surface area contributed by atoms with E-state index in [2.05, 4.69) is 89.2 Å². The highest BCUT2D eigenvalue weighted by Crippen LogP contribution is 2.68. The molecule has 8 aliphatic rings. The van der Waals surface area contributed by atoms with Gasteiger partial charge in [-0.05, 0) is 201 Å². The summed E-state index contributed by atoms with van der Waals surface area (Å²) in [6.07, 6.45) is 25.9. The third kappa shape index (κ3) is 9.14. The number of rotatable bonds is 12. The predicted molar refractivity (Wildman–Crippen MR) is 269 cm³/mol. The van der Waals surface area contributed by atoms with Crippen LogP contribution in [0, 0.1) is 105 Å². The average Bonchev–Trinajstić information content (AvgIpc) is 3.27. The fourth-order valence-corrected chi connectivity index (χ4v) is 18.8. The minimum Gasteiger partial charge on any atom is -0.390 e. The van der Waals surface area contributed by atoms with E-state index < -0.39 is 24.4 Å². The first-order chi connectivity index (χ1) is 31.1. The normalized spacial score (nSPS) is 42.2. The van der Waals surface area contributed by atoms with Crippen molar-refractivity contribution in [2.45, 2.75) is 223 Å². The molecule has 20 atom stereocenters. The smallest absolute Gasteiger partial charge is 0.178 e. The maximum Gasteiger partial charge on any atom is 0.178 e. The molecule has 6 saturated carbocycles. The van der Waals surface area contributed by atoms with Crippen LogP contribution >= 0.6 is 0 Å². The van der Waals surface area contributed by atoms with E-state index in [1.165, 1.54) is 88.2 Å². The van der Waals surface area contributed by atoms with Crippen LogP contribution in [0.5, 0.6) is 0 Å². The van der Waals surface area contributed by atoms with Crippen LogP contribution in [0.3, 0.4) is 0 Å². The second-order valence-corrected chi connectivity index (χ2v) is 26.0. The lowest BCUT2D eigenvalue weighted by Gasteiger charge is -2.63. The zero-order valence-electron chi connectivity index (χ0n) is 44.0. The molecule has 374 valence electrons. The van der Waals surface area contributed by atoms with Crippen molar-refractivity contribution in [3.05, 3.63) is 35.5 Å². The Kier molecular flexibility index (Phi) is 16.0. The molecule has 0 radical (unpaired) electrons. The molecule has 0 bridgehead atoms. The quantitative estimate of drug-likeness (QED) is 0.155. The van der Waals surface area contributed by atoms with Gasteiger partial charge in [-0.25, -0.2) is 0 Å². The summed E-state index contributed by atoms with van der Waals surface area (Å²) in [5.41, 5.74) is 3.54. The zero-order valence-corrected chi connectivity index (χ0v) is 44.0. The fraction of sp³-hybridized carbons (Fsp3) is 0.867. The lowest BCUT2D eigenvalue weighted by molar-refractivity contribution is -0.142. The zero-order chi connectivity index (χ0) is 48.3. The van der Waals surface area contributed by atoms with E-state index in [0.717, 1.165) is 44.4 Å². The van der Waals surface area contributed by atoms with Crippen molar-refractivity contribution in [1.29, 1.82) is 0 Å². The van der Waals surface area contributed by atoms with Crippen molar-refractivity contribution >= 4 is 11.6 Å². The van der Waals surface area contributed by atoms with Gasteiger partial charge < -0.3 is 20.4 Å². The van der Waals surface area contributed by atoms with Crippen molar-refractivity contribution in [3.8, 4) is 0 Å².